The molecule has 1 N–H and O–H groups in total. The molecule has 0 fully saturated rings. The van der Waals surface area contributed by atoms with Gasteiger partial charge >= 0.3 is 5.97 Å². The Hall–Kier alpha value is -3.64. The zero-order chi connectivity index (χ0) is 26.8. The second-order valence-electron chi connectivity index (χ2n) is 11.4. The van der Waals surface area contributed by atoms with E-state index in [-0.39, 0.29) is 5.56 Å². The molecule has 6 nitrogen and oxygen atoms in total. The first-order chi connectivity index (χ1) is 18.2. The minimum Gasteiger partial charge on any atom is -0.493 e. The number of aryl methyl sites for hydroxylation is 4. The van der Waals surface area contributed by atoms with E-state index in [4.69, 9.17) is 9.47 Å². The van der Waals surface area contributed by atoms with E-state index in [2.05, 4.69) is 13.0 Å². The standard InChI is InChI=1S/C32H33NO5/c1-18-25(20-13-14-24-19(17-20)9-8-16-37-24)27(29(31(35)36)38-32(2,3)4)23-12-7-15-33-28(23)26(18)21-10-5-6-11-22(21)30(33)34/h5-6,10-11,13-14,17,29H,7-9,12,15-16H2,1-4H3,(H,35,36). The number of fused-ring (bicyclic) bond motifs is 3. The van der Waals surface area contributed by atoms with Crippen molar-refractivity contribution in [2.24, 2.45) is 0 Å². The van der Waals surface area contributed by atoms with Crippen molar-refractivity contribution in [2.45, 2.75) is 71.6 Å². The molecule has 1 atom stereocenters. The summed E-state index contributed by atoms with van der Waals surface area (Å²) >= 11 is 0. The van der Waals surface area contributed by atoms with Crippen molar-refractivity contribution in [3.05, 3.63) is 75.1 Å². The van der Waals surface area contributed by atoms with Gasteiger partial charge in [0.05, 0.1) is 17.7 Å². The van der Waals surface area contributed by atoms with Crippen LogP contribution in [0.25, 0.3) is 32.8 Å². The van der Waals surface area contributed by atoms with Crippen LogP contribution in [0.3, 0.4) is 0 Å². The van der Waals surface area contributed by atoms with Crippen LogP contribution in [0.2, 0.25) is 0 Å². The van der Waals surface area contributed by atoms with Crippen molar-refractivity contribution in [3.8, 4) is 16.9 Å². The minimum atomic E-state index is -1.18. The van der Waals surface area contributed by atoms with Crippen molar-refractivity contribution in [1.82, 2.24) is 4.57 Å². The van der Waals surface area contributed by atoms with Crippen LogP contribution in [0.1, 0.15) is 62.0 Å². The van der Waals surface area contributed by atoms with E-state index in [1.807, 2.05) is 61.7 Å². The summed E-state index contributed by atoms with van der Waals surface area (Å²) in [5, 5.41) is 13.1. The molecule has 0 radical (unpaired) electrons. The lowest BCUT2D eigenvalue weighted by molar-refractivity contribution is -0.160. The summed E-state index contributed by atoms with van der Waals surface area (Å²) in [6, 6.07) is 13.9. The van der Waals surface area contributed by atoms with E-state index in [9.17, 15) is 14.7 Å². The van der Waals surface area contributed by atoms with Crippen molar-refractivity contribution in [3.63, 3.8) is 0 Å². The molecule has 196 valence electrons. The van der Waals surface area contributed by atoms with Crippen molar-refractivity contribution in [1.29, 1.82) is 0 Å². The number of carboxylic acid groups (broad SMARTS) is 1. The Morgan fingerprint density at radius 1 is 1.08 bits per heavy atom. The smallest absolute Gasteiger partial charge is 0.337 e. The van der Waals surface area contributed by atoms with E-state index in [0.717, 1.165) is 69.1 Å². The minimum absolute atomic E-state index is 0.0262. The fraction of sp³-hybridized carbons (Fsp3) is 0.375. The number of carbonyl (C=O) groups is 1. The van der Waals surface area contributed by atoms with Gasteiger partial charge in [-0.05, 0) is 105 Å². The zero-order valence-corrected chi connectivity index (χ0v) is 22.4. The number of rotatable bonds is 4. The molecule has 4 aromatic rings. The summed E-state index contributed by atoms with van der Waals surface area (Å²) in [5.74, 6) is -0.140. The first-order valence-electron chi connectivity index (χ1n) is 13.4. The van der Waals surface area contributed by atoms with E-state index in [0.29, 0.717) is 30.5 Å². The molecule has 38 heavy (non-hydrogen) atoms. The van der Waals surface area contributed by atoms with Gasteiger partial charge in [0, 0.05) is 22.9 Å². The largest absolute Gasteiger partial charge is 0.493 e. The van der Waals surface area contributed by atoms with Crippen LogP contribution < -0.4 is 10.3 Å². The van der Waals surface area contributed by atoms with Gasteiger partial charge in [0.1, 0.15) is 5.75 Å². The number of carboxylic acids is 1. The van der Waals surface area contributed by atoms with E-state index < -0.39 is 17.7 Å². The highest BCUT2D eigenvalue weighted by Crippen LogP contribution is 2.46. The Morgan fingerprint density at radius 2 is 1.84 bits per heavy atom. The molecule has 0 spiro atoms. The third kappa shape index (κ3) is 3.90. The van der Waals surface area contributed by atoms with E-state index in [1.165, 1.54) is 0 Å². The summed E-state index contributed by atoms with van der Waals surface area (Å²) in [6.07, 6.45) is 2.13. The molecule has 0 amide bonds. The number of hydrogen-bond donors (Lipinski definition) is 1. The summed E-state index contributed by atoms with van der Waals surface area (Å²) in [7, 11) is 0. The molecule has 1 unspecified atom stereocenters. The van der Waals surface area contributed by atoms with Gasteiger partial charge in [-0.25, -0.2) is 4.79 Å². The first kappa shape index (κ1) is 24.7. The van der Waals surface area contributed by atoms with Crippen LogP contribution in [-0.2, 0) is 28.9 Å². The Labute approximate surface area is 221 Å². The first-order valence-corrected chi connectivity index (χ1v) is 13.4. The van der Waals surface area contributed by atoms with Gasteiger partial charge in [-0.1, -0.05) is 24.3 Å². The van der Waals surface area contributed by atoms with Crippen molar-refractivity contribution in [2.75, 3.05) is 6.61 Å². The SMILES string of the molecule is Cc1c(-c2ccc3c(c2)CCCO3)c(C(OC(C)(C)C)C(=O)O)c2c3c1c1ccccc1c(=O)n3CCC2. The second kappa shape index (κ2) is 8.98. The molecule has 0 aliphatic carbocycles. The molecule has 1 aromatic heterocycles. The third-order valence-corrected chi connectivity index (χ3v) is 7.77. The topological polar surface area (TPSA) is 77.8 Å². The normalized spacial score (nSPS) is 15.8. The van der Waals surface area contributed by atoms with Crippen LogP contribution in [0, 0.1) is 6.92 Å². The molecule has 0 bridgehead atoms. The molecular formula is C32H33NO5. The molecule has 2 aliphatic heterocycles. The van der Waals surface area contributed by atoms with Gasteiger partial charge in [-0.15, -0.1) is 0 Å². The Morgan fingerprint density at radius 3 is 2.58 bits per heavy atom. The summed E-state index contributed by atoms with van der Waals surface area (Å²) in [6.45, 7) is 9.01. The monoisotopic (exact) mass is 511 g/mol. The zero-order valence-electron chi connectivity index (χ0n) is 22.4. The Balaban J connectivity index is 1.80. The molecule has 6 heteroatoms. The average molecular weight is 512 g/mol. The molecule has 3 heterocycles. The predicted octanol–water partition coefficient (Wildman–Crippen LogP) is 6.34. The van der Waals surface area contributed by atoms with Gasteiger partial charge in [0.2, 0.25) is 0 Å². The lowest BCUT2D eigenvalue weighted by atomic mass is 9.81. The van der Waals surface area contributed by atoms with Gasteiger partial charge in [0.25, 0.3) is 5.56 Å². The van der Waals surface area contributed by atoms with Crippen LogP contribution in [0.15, 0.2) is 47.3 Å². The lowest BCUT2D eigenvalue weighted by Crippen LogP contribution is -2.31. The molecule has 0 saturated carbocycles. The lowest BCUT2D eigenvalue weighted by Gasteiger charge is -2.32. The number of hydrogen-bond acceptors (Lipinski definition) is 4. The molecule has 2 aliphatic rings. The highest BCUT2D eigenvalue weighted by molar-refractivity contribution is 6.11. The molecular weight excluding hydrogens is 478 g/mol. The maximum absolute atomic E-state index is 13.6. The highest BCUT2D eigenvalue weighted by Gasteiger charge is 2.35. The summed E-state index contributed by atoms with van der Waals surface area (Å²) in [5.41, 5.74) is 5.64. The maximum Gasteiger partial charge on any atom is 0.337 e. The number of nitrogens with zero attached hydrogens (tertiary/aromatic N) is 1. The third-order valence-electron chi connectivity index (χ3n) is 7.77. The van der Waals surface area contributed by atoms with Gasteiger partial charge in [0.15, 0.2) is 6.10 Å². The number of pyridine rings is 1. The number of benzene rings is 3. The summed E-state index contributed by atoms with van der Waals surface area (Å²) < 4.78 is 14.0. The Bertz CT molecular complexity index is 1670. The molecule has 6 rings (SSSR count). The van der Waals surface area contributed by atoms with Crippen molar-refractivity contribution < 1.29 is 19.4 Å². The average Bonchev–Trinajstić information content (AvgIpc) is 2.89. The van der Waals surface area contributed by atoms with Gasteiger partial charge in [-0.3, -0.25) is 4.79 Å². The van der Waals surface area contributed by atoms with Crippen LogP contribution in [0.4, 0.5) is 0 Å². The van der Waals surface area contributed by atoms with Crippen LogP contribution in [0.5, 0.6) is 5.75 Å². The number of aromatic nitrogens is 1. The second-order valence-corrected chi connectivity index (χ2v) is 11.4. The summed E-state index contributed by atoms with van der Waals surface area (Å²) in [4.78, 5) is 26.5. The van der Waals surface area contributed by atoms with Crippen molar-refractivity contribution >= 4 is 27.6 Å². The predicted molar refractivity (Wildman–Crippen MR) is 149 cm³/mol. The molecule has 3 aromatic carbocycles. The Kier molecular flexibility index (Phi) is 5.84. The fourth-order valence-electron chi connectivity index (χ4n) is 6.34. The van der Waals surface area contributed by atoms with Gasteiger partial charge in [-0.2, -0.15) is 0 Å². The van der Waals surface area contributed by atoms with Crippen LogP contribution >= 0.6 is 0 Å². The van der Waals surface area contributed by atoms with Crippen LogP contribution in [-0.4, -0.2) is 27.9 Å². The van der Waals surface area contributed by atoms with Gasteiger partial charge < -0.3 is 19.1 Å². The highest BCUT2D eigenvalue weighted by atomic mass is 16.5. The number of aliphatic carboxylic acids is 1. The molecule has 0 saturated heterocycles. The van der Waals surface area contributed by atoms with E-state index in [1.54, 1.807) is 0 Å². The maximum atomic E-state index is 13.6. The fourth-order valence-corrected chi connectivity index (χ4v) is 6.34. The number of ether oxygens (including phenoxy) is 2. The van der Waals surface area contributed by atoms with E-state index >= 15 is 0 Å². The quantitative estimate of drug-likeness (QED) is 0.324.